The maximum Gasteiger partial charge on any atom is 0.313 e. The molecule has 0 aliphatic rings. The average molecular weight is 268 g/mol. The van der Waals surface area contributed by atoms with E-state index in [1.54, 1.807) is 11.6 Å². The lowest BCUT2D eigenvalue weighted by Crippen LogP contribution is -2.31. The molecule has 0 amide bonds. The number of aryl methyl sites for hydroxylation is 1. The molecule has 0 spiro atoms. The molecular formula is C13H24N4O2. The van der Waals surface area contributed by atoms with Crippen molar-refractivity contribution in [3.8, 4) is 0 Å². The van der Waals surface area contributed by atoms with Crippen LogP contribution in [0.15, 0.2) is 0 Å². The lowest BCUT2D eigenvalue weighted by Gasteiger charge is -2.26. The first-order valence-corrected chi connectivity index (χ1v) is 6.67. The molecule has 2 unspecified atom stereocenters. The number of rotatable bonds is 5. The van der Waals surface area contributed by atoms with Crippen LogP contribution in [0.2, 0.25) is 0 Å². The summed E-state index contributed by atoms with van der Waals surface area (Å²) in [4.78, 5) is 11.0. The van der Waals surface area contributed by atoms with Crippen LogP contribution in [-0.2, 0) is 0 Å². The largest absolute Gasteiger partial charge is 0.327 e. The molecule has 2 N–H and O–H groups in total. The highest BCUT2D eigenvalue weighted by Gasteiger charge is 2.35. The van der Waals surface area contributed by atoms with E-state index in [0.29, 0.717) is 11.4 Å². The molecule has 0 aromatic carbocycles. The van der Waals surface area contributed by atoms with Crippen molar-refractivity contribution in [3.63, 3.8) is 0 Å². The van der Waals surface area contributed by atoms with Crippen LogP contribution in [0.1, 0.15) is 58.0 Å². The Labute approximate surface area is 114 Å². The van der Waals surface area contributed by atoms with E-state index < -0.39 is 0 Å². The summed E-state index contributed by atoms with van der Waals surface area (Å²) in [7, 11) is 0. The predicted molar refractivity (Wildman–Crippen MR) is 75.2 cm³/mol. The first-order valence-electron chi connectivity index (χ1n) is 6.67. The summed E-state index contributed by atoms with van der Waals surface area (Å²) in [6.07, 6.45) is 0. The molecule has 1 heterocycles. The fraction of sp³-hybridized carbons (Fsp3) is 0.769. The second kappa shape index (κ2) is 5.69. The molecule has 6 heteroatoms. The molecule has 0 radical (unpaired) electrons. The van der Waals surface area contributed by atoms with E-state index >= 15 is 0 Å². The van der Waals surface area contributed by atoms with Gasteiger partial charge in [0.15, 0.2) is 0 Å². The van der Waals surface area contributed by atoms with Gasteiger partial charge < -0.3 is 5.73 Å². The molecule has 0 aliphatic carbocycles. The summed E-state index contributed by atoms with van der Waals surface area (Å²) in [6.45, 7) is 11.6. The van der Waals surface area contributed by atoms with Gasteiger partial charge in [0.05, 0.1) is 4.92 Å². The highest BCUT2D eigenvalue weighted by atomic mass is 16.6. The zero-order valence-corrected chi connectivity index (χ0v) is 12.5. The van der Waals surface area contributed by atoms with Crippen molar-refractivity contribution in [1.29, 1.82) is 0 Å². The van der Waals surface area contributed by atoms with Gasteiger partial charge in [-0.05, 0) is 33.6 Å². The summed E-state index contributed by atoms with van der Waals surface area (Å²) in [5.74, 6) is 0.135. The number of hydrogen-bond donors (Lipinski definition) is 1. The second-order valence-electron chi connectivity index (χ2n) is 5.74. The lowest BCUT2D eigenvalue weighted by atomic mass is 9.85. The van der Waals surface area contributed by atoms with Crippen LogP contribution in [0.25, 0.3) is 0 Å². The molecule has 1 aromatic heterocycles. The molecule has 108 valence electrons. The van der Waals surface area contributed by atoms with Crippen molar-refractivity contribution in [1.82, 2.24) is 9.78 Å². The van der Waals surface area contributed by atoms with E-state index in [2.05, 4.69) is 5.10 Å². The minimum Gasteiger partial charge on any atom is -0.327 e. The van der Waals surface area contributed by atoms with E-state index in [4.69, 9.17) is 5.73 Å². The molecule has 2 atom stereocenters. The summed E-state index contributed by atoms with van der Waals surface area (Å²) in [5, 5.41) is 15.7. The monoisotopic (exact) mass is 268 g/mol. The Morgan fingerprint density at radius 1 is 1.26 bits per heavy atom. The summed E-state index contributed by atoms with van der Waals surface area (Å²) >= 11 is 0. The molecule has 1 aromatic rings. The van der Waals surface area contributed by atoms with Crippen LogP contribution >= 0.6 is 0 Å². The quantitative estimate of drug-likeness (QED) is 0.657. The maximum atomic E-state index is 11.3. The van der Waals surface area contributed by atoms with Gasteiger partial charge in [0.2, 0.25) is 0 Å². The fourth-order valence-corrected chi connectivity index (χ4v) is 2.66. The van der Waals surface area contributed by atoms with Gasteiger partial charge in [-0.2, -0.15) is 5.10 Å². The Balaban J connectivity index is 3.56. The van der Waals surface area contributed by atoms with Gasteiger partial charge in [-0.15, -0.1) is 0 Å². The van der Waals surface area contributed by atoms with Gasteiger partial charge in [-0.3, -0.25) is 14.8 Å². The molecule has 0 saturated carbocycles. The first kappa shape index (κ1) is 15.6. The molecule has 0 saturated heterocycles. The molecule has 0 aliphatic heterocycles. The van der Waals surface area contributed by atoms with Crippen molar-refractivity contribution < 1.29 is 4.92 Å². The smallest absolute Gasteiger partial charge is 0.313 e. The third-order valence-electron chi connectivity index (χ3n) is 3.36. The van der Waals surface area contributed by atoms with Gasteiger partial charge in [-0.25, -0.2) is 0 Å². The van der Waals surface area contributed by atoms with Gasteiger partial charge >= 0.3 is 5.69 Å². The number of hydrogen-bond acceptors (Lipinski definition) is 4. The molecule has 19 heavy (non-hydrogen) atoms. The predicted octanol–water partition coefficient (Wildman–Crippen LogP) is 2.77. The fourth-order valence-electron chi connectivity index (χ4n) is 2.66. The van der Waals surface area contributed by atoms with E-state index in [9.17, 15) is 10.1 Å². The Kier molecular flexibility index (Phi) is 4.68. The van der Waals surface area contributed by atoms with Gasteiger partial charge in [-0.1, -0.05) is 13.8 Å². The van der Waals surface area contributed by atoms with Crippen LogP contribution in [0.3, 0.4) is 0 Å². The second-order valence-corrected chi connectivity index (χ2v) is 5.74. The zero-order valence-electron chi connectivity index (χ0n) is 12.5. The molecule has 0 bridgehead atoms. The first-order chi connectivity index (χ1) is 8.68. The van der Waals surface area contributed by atoms with Crippen LogP contribution in [-0.4, -0.2) is 20.7 Å². The minimum atomic E-state index is -0.339. The van der Waals surface area contributed by atoms with Crippen molar-refractivity contribution in [2.45, 2.75) is 59.5 Å². The standard InChI is InChI=1S/C13H24N4O2/c1-7(2)11(9(5)14)13-12(17(18)19)10(6)15-16(13)8(3)4/h7-9,11H,14H2,1-6H3. The average Bonchev–Trinajstić information content (AvgIpc) is 2.54. The Morgan fingerprint density at radius 3 is 2.11 bits per heavy atom. The van der Waals surface area contributed by atoms with Crippen LogP contribution < -0.4 is 5.73 Å². The zero-order chi connectivity index (χ0) is 14.9. The Hall–Kier alpha value is -1.43. The molecule has 0 fully saturated rings. The molecule has 6 nitrogen and oxygen atoms in total. The highest BCUT2D eigenvalue weighted by Crippen LogP contribution is 2.37. The minimum absolute atomic E-state index is 0.0717. The highest BCUT2D eigenvalue weighted by molar-refractivity contribution is 5.43. The van der Waals surface area contributed by atoms with E-state index in [1.807, 2.05) is 34.6 Å². The number of nitrogens with two attached hydrogens (primary N) is 1. The van der Waals surface area contributed by atoms with E-state index in [1.165, 1.54) is 0 Å². The van der Waals surface area contributed by atoms with Gasteiger partial charge in [0.25, 0.3) is 0 Å². The van der Waals surface area contributed by atoms with Crippen LogP contribution in [0.4, 0.5) is 5.69 Å². The van der Waals surface area contributed by atoms with E-state index in [-0.39, 0.29) is 34.5 Å². The molecular weight excluding hydrogens is 244 g/mol. The normalized spacial score (nSPS) is 15.0. The van der Waals surface area contributed by atoms with Gasteiger partial charge in [0, 0.05) is 18.0 Å². The summed E-state index contributed by atoms with van der Waals surface area (Å²) < 4.78 is 1.75. The SMILES string of the molecule is Cc1nn(C(C)C)c(C(C(C)C)C(C)N)c1[N+](=O)[O-]. The molecule has 1 rings (SSSR count). The third-order valence-corrected chi connectivity index (χ3v) is 3.36. The van der Waals surface area contributed by atoms with Crippen molar-refractivity contribution >= 4 is 5.69 Å². The van der Waals surface area contributed by atoms with Crippen molar-refractivity contribution in [2.24, 2.45) is 11.7 Å². The van der Waals surface area contributed by atoms with Crippen molar-refractivity contribution in [3.05, 3.63) is 21.5 Å². The van der Waals surface area contributed by atoms with Crippen LogP contribution in [0.5, 0.6) is 0 Å². The topological polar surface area (TPSA) is 87.0 Å². The van der Waals surface area contributed by atoms with Crippen molar-refractivity contribution in [2.75, 3.05) is 0 Å². The Bertz CT molecular complexity index is 455. The van der Waals surface area contributed by atoms with E-state index in [0.717, 1.165) is 0 Å². The summed E-state index contributed by atoms with van der Waals surface area (Å²) in [5.41, 5.74) is 7.28. The third kappa shape index (κ3) is 2.94. The number of aromatic nitrogens is 2. The Morgan fingerprint density at radius 2 is 1.79 bits per heavy atom. The number of nitrogens with zero attached hydrogens (tertiary/aromatic N) is 3. The lowest BCUT2D eigenvalue weighted by molar-refractivity contribution is -0.386. The van der Waals surface area contributed by atoms with Gasteiger partial charge in [0.1, 0.15) is 11.4 Å². The van der Waals surface area contributed by atoms with Crippen LogP contribution in [0, 0.1) is 23.0 Å². The maximum absolute atomic E-state index is 11.3. The number of nitro groups is 1. The summed E-state index contributed by atoms with van der Waals surface area (Å²) in [6, 6.07) is -0.0882.